The Morgan fingerprint density at radius 2 is 0.725 bits per heavy atom. The van der Waals surface area contributed by atoms with Gasteiger partial charge in [0.05, 0.1) is 51.3 Å². The van der Waals surface area contributed by atoms with E-state index in [1.807, 2.05) is 20.8 Å². The summed E-state index contributed by atoms with van der Waals surface area (Å²) in [6, 6.07) is 5.83. The fourth-order valence-corrected chi connectivity index (χ4v) is 20.2. The minimum absolute atomic E-state index is 0.00200. The maximum Gasteiger partial charge on any atom is 0.475 e. The third-order valence-electron chi connectivity index (χ3n) is 15.9. The number of rotatable bonds is 14. The summed E-state index contributed by atoms with van der Waals surface area (Å²) in [6.07, 6.45) is -4.57. The third kappa shape index (κ3) is 18.5. The Kier molecular flexibility index (Phi) is 25.3. The van der Waals surface area contributed by atoms with Crippen molar-refractivity contribution in [3.8, 4) is 0 Å². The van der Waals surface area contributed by atoms with E-state index in [4.69, 9.17) is 143 Å². The molecule has 8 aliphatic heterocycles. The molecule has 20 atom stereocenters. The quantitative estimate of drug-likeness (QED) is 0.0537. The second kappa shape index (κ2) is 31.4. The molecule has 0 aliphatic carbocycles. The summed E-state index contributed by atoms with van der Waals surface area (Å²) >= 11 is 27.6. The average Bonchev–Trinajstić information content (AvgIpc) is 1.61. The summed E-state index contributed by atoms with van der Waals surface area (Å²) in [5, 5.41) is -0.00200. The number of thioether (sulfide) groups is 1. The van der Waals surface area contributed by atoms with Crippen LogP contribution < -0.4 is 45.7 Å². The van der Waals surface area contributed by atoms with Gasteiger partial charge in [0.25, 0.3) is 0 Å². The van der Waals surface area contributed by atoms with Crippen LogP contribution in [0.4, 0.5) is 23.3 Å². The monoisotopic (exact) mass is 1620 g/mol. The molecule has 8 N–H and O–H groups in total. The Labute approximate surface area is 608 Å². The van der Waals surface area contributed by atoms with E-state index in [-0.39, 0.29) is 79.7 Å². The first-order valence-electron chi connectivity index (χ1n) is 31.6. The summed E-state index contributed by atoms with van der Waals surface area (Å²) in [5.41, 5.74) is 19.1. The van der Waals surface area contributed by atoms with Crippen molar-refractivity contribution in [1.29, 1.82) is 0 Å². The van der Waals surface area contributed by atoms with E-state index in [1.165, 1.54) is 67.3 Å². The van der Waals surface area contributed by atoms with Gasteiger partial charge in [-0.1, -0.05) is 32.5 Å². The first-order chi connectivity index (χ1) is 47.2. The van der Waals surface area contributed by atoms with Crippen molar-refractivity contribution in [3.05, 3.63) is 91.0 Å². The third-order valence-corrected chi connectivity index (χ3v) is 25.1. The second-order valence-electron chi connectivity index (χ2n) is 26.6. The predicted octanol–water partition coefficient (Wildman–Crippen LogP) is 7.57. The lowest BCUT2D eigenvalue weighted by Crippen LogP contribution is -2.45. The number of nitrogens with two attached hydrogens (primary N) is 4. The van der Waals surface area contributed by atoms with Gasteiger partial charge in [0.2, 0.25) is 0 Å². The van der Waals surface area contributed by atoms with Crippen LogP contribution in [0.15, 0.2) is 68.2 Å². The van der Waals surface area contributed by atoms with Crippen LogP contribution >= 0.6 is 89.5 Å². The Balaban J connectivity index is 0.000000159. The molecular formula is C56H82Cl4N12O25P4S. The second-order valence-corrected chi connectivity index (χ2v) is 37.3. The number of carbonyl (C=O) groups is 1. The maximum absolute atomic E-state index is 12.9. The van der Waals surface area contributed by atoms with Gasteiger partial charge in [0, 0.05) is 36.0 Å². The van der Waals surface area contributed by atoms with Gasteiger partial charge in [-0.15, -0.1) is 46.4 Å². The number of nitrogens with zero attached hydrogens (tertiary/aromatic N) is 8. The summed E-state index contributed by atoms with van der Waals surface area (Å²) in [5.74, 6) is 0.653. The molecule has 4 aromatic rings. The summed E-state index contributed by atoms with van der Waals surface area (Å²) < 4.78 is 143. The van der Waals surface area contributed by atoms with Crippen molar-refractivity contribution in [2.45, 2.75) is 202 Å². The number of carbonyl (C=O) groups excluding carboxylic acids is 1. The molecule has 0 radical (unpaired) electrons. The highest BCUT2D eigenvalue weighted by Crippen LogP contribution is 2.64. The van der Waals surface area contributed by atoms with Crippen molar-refractivity contribution in [2.75, 3.05) is 61.7 Å². The van der Waals surface area contributed by atoms with E-state index in [9.17, 15) is 42.2 Å². The number of ether oxygens (including phenoxy) is 4. The first kappa shape index (κ1) is 82.2. The van der Waals surface area contributed by atoms with Crippen LogP contribution in [0, 0.1) is 5.41 Å². The molecule has 0 spiro atoms. The molecular weight excluding hydrogens is 1540 g/mol. The number of fused-ring (bicyclic) bond motifs is 4. The van der Waals surface area contributed by atoms with Crippen LogP contribution in [0.1, 0.15) is 115 Å². The normalized spacial score (nSPS) is 37.6. The van der Waals surface area contributed by atoms with Crippen LogP contribution in [0.5, 0.6) is 0 Å². The first-order valence-corrected chi connectivity index (χ1v) is 39.9. The maximum atomic E-state index is 12.9. The summed E-state index contributed by atoms with van der Waals surface area (Å²) in [7, 11) is -15.1. The van der Waals surface area contributed by atoms with E-state index < -0.39 is 153 Å². The Bertz CT molecular complexity index is 3880. The number of hydrogen-bond donors (Lipinski definition) is 4. The molecule has 4 aromatic heterocycles. The molecule has 37 nitrogen and oxygen atoms in total. The lowest BCUT2D eigenvalue weighted by atomic mass is 10.00. The largest absolute Gasteiger partial charge is 0.475 e. The molecule has 8 aliphatic rings. The molecule has 12 rings (SSSR count). The van der Waals surface area contributed by atoms with E-state index in [2.05, 4.69) is 19.9 Å². The standard InChI is InChI=1S/C17H25ClN3O7PS.3C13H19ClN3O6P/c1-16(2,3)14(22)30-8-7-25-29(24)26-9-10-12(28-29)17(4,18)13(27-10)21-6-5-11(19)20-15(21)23;3*1-7(2)22-24(19)20-6-8-10(23-24)13(3,14)11(21-8)17-5-4-9(15)16-12(17)18/h5-6,10,12-13H,7-9H2,1-4H3,(H2,19,20,23);3*4-5,7-8,10-11H,6H2,1-3H3,(H2,15,16,18)/t10-,12-,13-,17-,29-;8-,10-,11-,13-,24?;8-,10-,11-,13-,24+;8-,10-,11-,13-,24-/m1111/s1. The van der Waals surface area contributed by atoms with E-state index in [0.29, 0.717) is 5.75 Å². The molecule has 570 valence electrons. The van der Waals surface area contributed by atoms with Gasteiger partial charge in [-0.2, -0.15) is 19.9 Å². The zero-order valence-electron chi connectivity index (χ0n) is 57.3. The number of halogens is 4. The number of aromatic nitrogens is 8. The number of nitrogen functional groups attached to an aromatic ring is 4. The molecule has 12 heterocycles. The van der Waals surface area contributed by atoms with Gasteiger partial charge in [0.15, 0.2) is 30.0 Å². The topological polar surface area (TPSA) is 477 Å². The number of alkyl halides is 4. The van der Waals surface area contributed by atoms with Gasteiger partial charge in [0.1, 0.15) is 91.6 Å². The molecule has 8 fully saturated rings. The fraction of sp³-hybridized carbons (Fsp3) is 0.696. The Hall–Kier alpha value is -3.82. The van der Waals surface area contributed by atoms with Gasteiger partial charge < -0.3 is 41.9 Å². The van der Waals surface area contributed by atoms with Crippen molar-refractivity contribution in [1.82, 2.24) is 38.2 Å². The number of phosphoric acid groups is 4. The molecule has 46 heteroatoms. The van der Waals surface area contributed by atoms with Crippen molar-refractivity contribution < 1.29 is 96.3 Å². The lowest BCUT2D eigenvalue weighted by molar-refractivity contribution is -0.117. The molecule has 0 saturated carbocycles. The summed E-state index contributed by atoms with van der Waals surface area (Å²) in [4.78, 5) is 70.2. The van der Waals surface area contributed by atoms with Gasteiger partial charge in [-0.25, -0.2) is 37.4 Å². The Morgan fingerprint density at radius 1 is 0.490 bits per heavy atom. The molecule has 102 heavy (non-hydrogen) atoms. The number of hydrogen-bond acceptors (Lipinski definition) is 34. The van der Waals surface area contributed by atoms with Crippen molar-refractivity contribution in [3.63, 3.8) is 0 Å². The van der Waals surface area contributed by atoms with Crippen LogP contribution in [0.25, 0.3) is 0 Å². The predicted molar refractivity (Wildman–Crippen MR) is 370 cm³/mol. The lowest BCUT2D eigenvalue weighted by Gasteiger charge is -2.35. The molecule has 1 unspecified atom stereocenters. The van der Waals surface area contributed by atoms with Crippen LogP contribution in [-0.2, 0) is 96.3 Å². The highest BCUT2D eigenvalue weighted by molar-refractivity contribution is 8.13. The minimum Gasteiger partial charge on any atom is -0.383 e. The summed E-state index contributed by atoms with van der Waals surface area (Å²) in [6.45, 7) is 22.1. The highest BCUT2D eigenvalue weighted by Gasteiger charge is 2.64. The van der Waals surface area contributed by atoms with E-state index in [1.54, 1.807) is 69.2 Å². The molecule has 0 aromatic carbocycles. The number of anilines is 4. The molecule has 0 bridgehead atoms. The van der Waals surface area contributed by atoms with Crippen LogP contribution in [-0.4, -0.2) is 169 Å². The zero-order valence-corrected chi connectivity index (χ0v) is 64.7. The van der Waals surface area contributed by atoms with Crippen molar-refractivity contribution >= 4 is 118 Å². The Morgan fingerprint density at radius 3 is 0.951 bits per heavy atom. The van der Waals surface area contributed by atoms with Crippen LogP contribution in [0.3, 0.4) is 0 Å². The smallest absolute Gasteiger partial charge is 0.383 e. The van der Waals surface area contributed by atoms with Gasteiger partial charge >= 0.3 is 54.0 Å². The SMILES string of the molecule is CC(C)(C)C(=O)SCCO[P@]1(=O)OC[C@H]2O[C@@H](n3ccc(N)nc3=O)[C@](C)(Cl)[C@@H]2O1.CC(C)OP1(=O)OC[C@H]2O[C@@H](n3ccc(N)nc3=O)[C@](C)(Cl)[C@@H]2O1.CC(C)O[P@@]1(=O)OC[C@H]2O[C@@H](n3ccc(N)nc3=O)[C@](C)(Cl)[C@@H]2O1.CC(C)O[P@]1(=O)OC[C@H]2O[C@@H](n3ccc(N)nc3=O)[C@](C)(Cl)[C@@H]2O1. The highest BCUT2D eigenvalue weighted by atomic mass is 35.5. The van der Waals surface area contributed by atoms with Crippen LogP contribution in [0.2, 0.25) is 0 Å². The van der Waals surface area contributed by atoms with Gasteiger partial charge in [-0.3, -0.25) is 77.3 Å². The average molecular weight is 1620 g/mol. The molecule has 8 saturated heterocycles. The molecule has 0 amide bonds. The van der Waals surface area contributed by atoms with E-state index >= 15 is 0 Å². The van der Waals surface area contributed by atoms with Crippen molar-refractivity contribution in [2.24, 2.45) is 5.41 Å². The fourth-order valence-electron chi connectivity index (χ4n) is 11.3. The van der Waals surface area contributed by atoms with Gasteiger partial charge in [-0.05, 0) is 93.5 Å². The minimum atomic E-state index is -3.91. The number of phosphoric ester groups is 4. The zero-order chi connectivity index (χ0) is 75.4. The van der Waals surface area contributed by atoms with E-state index in [0.717, 1.165) is 11.8 Å².